The van der Waals surface area contributed by atoms with Crippen molar-refractivity contribution in [3.8, 4) is 0 Å². The summed E-state index contributed by atoms with van der Waals surface area (Å²) in [4.78, 5) is 14.7. The highest BCUT2D eigenvalue weighted by Gasteiger charge is 2.30. The fourth-order valence-electron chi connectivity index (χ4n) is 3.53. The van der Waals surface area contributed by atoms with E-state index in [0.717, 1.165) is 43.4 Å². The summed E-state index contributed by atoms with van der Waals surface area (Å²) in [5.74, 6) is 1.04. The van der Waals surface area contributed by atoms with Gasteiger partial charge in [0, 0.05) is 17.4 Å². The zero-order valence-corrected chi connectivity index (χ0v) is 13.9. The second-order valence-corrected chi connectivity index (χ2v) is 7.11. The maximum absolute atomic E-state index is 12.5. The maximum Gasteiger partial charge on any atom is 0.223 e. The van der Waals surface area contributed by atoms with E-state index in [9.17, 15) is 4.79 Å². The SMILES string of the molecule is O=C(CCC1CCNC1)N1CCCC1c1ccc(Br)cc1. The van der Waals surface area contributed by atoms with Gasteiger partial charge in [-0.3, -0.25) is 4.79 Å². The van der Waals surface area contributed by atoms with Crippen molar-refractivity contribution >= 4 is 21.8 Å². The van der Waals surface area contributed by atoms with Crippen LogP contribution in [0.1, 0.15) is 43.7 Å². The number of amides is 1. The van der Waals surface area contributed by atoms with Crippen molar-refractivity contribution in [3.63, 3.8) is 0 Å². The zero-order chi connectivity index (χ0) is 14.7. The number of carbonyl (C=O) groups excluding carboxylic acids is 1. The number of nitrogens with one attached hydrogen (secondary N) is 1. The van der Waals surface area contributed by atoms with Crippen LogP contribution in [0.3, 0.4) is 0 Å². The molecule has 1 amide bonds. The van der Waals surface area contributed by atoms with Crippen LogP contribution < -0.4 is 5.32 Å². The van der Waals surface area contributed by atoms with Gasteiger partial charge >= 0.3 is 0 Å². The fraction of sp³-hybridized carbons (Fsp3) is 0.588. The second-order valence-electron chi connectivity index (χ2n) is 6.19. The molecule has 0 bridgehead atoms. The summed E-state index contributed by atoms with van der Waals surface area (Å²) in [6, 6.07) is 8.70. The van der Waals surface area contributed by atoms with E-state index in [2.05, 4.69) is 50.4 Å². The lowest BCUT2D eigenvalue weighted by Crippen LogP contribution is -2.30. The van der Waals surface area contributed by atoms with E-state index in [0.29, 0.717) is 18.2 Å². The number of likely N-dealkylation sites (tertiary alicyclic amines) is 1. The fourth-order valence-corrected chi connectivity index (χ4v) is 3.79. The molecule has 114 valence electrons. The summed E-state index contributed by atoms with van der Waals surface area (Å²) in [7, 11) is 0. The van der Waals surface area contributed by atoms with Gasteiger partial charge < -0.3 is 10.2 Å². The lowest BCUT2D eigenvalue weighted by molar-refractivity contribution is -0.132. The Bertz CT molecular complexity index is 482. The molecule has 0 saturated carbocycles. The number of nitrogens with zero attached hydrogens (tertiary/aromatic N) is 1. The number of benzene rings is 1. The van der Waals surface area contributed by atoms with E-state index in [-0.39, 0.29) is 6.04 Å². The number of rotatable bonds is 4. The third kappa shape index (κ3) is 3.67. The Morgan fingerprint density at radius 1 is 1.29 bits per heavy atom. The van der Waals surface area contributed by atoms with Crippen LogP contribution in [0.15, 0.2) is 28.7 Å². The predicted molar refractivity (Wildman–Crippen MR) is 88.0 cm³/mol. The topological polar surface area (TPSA) is 32.3 Å². The minimum absolute atomic E-state index is 0.285. The highest BCUT2D eigenvalue weighted by Crippen LogP contribution is 2.33. The lowest BCUT2D eigenvalue weighted by atomic mass is 10.0. The number of hydrogen-bond acceptors (Lipinski definition) is 2. The minimum Gasteiger partial charge on any atom is -0.336 e. The Kier molecular flexibility index (Phi) is 4.96. The predicted octanol–water partition coefficient (Wildman–Crippen LogP) is 3.50. The van der Waals surface area contributed by atoms with Gasteiger partial charge in [-0.15, -0.1) is 0 Å². The molecule has 0 aliphatic carbocycles. The van der Waals surface area contributed by atoms with Crippen molar-refractivity contribution in [2.75, 3.05) is 19.6 Å². The summed E-state index contributed by atoms with van der Waals surface area (Å²) >= 11 is 3.47. The monoisotopic (exact) mass is 350 g/mol. The van der Waals surface area contributed by atoms with E-state index in [4.69, 9.17) is 0 Å². The lowest BCUT2D eigenvalue weighted by Gasteiger charge is -2.25. The van der Waals surface area contributed by atoms with E-state index < -0.39 is 0 Å². The molecule has 2 aliphatic heterocycles. The van der Waals surface area contributed by atoms with Gasteiger partial charge in [0.2, 0.25) is 5.91 Å². The molecule has 3 nitrogen and oxygen atoms in total. The summed E-state index contributed by atoms with van der Waals surface area (Å²) in [5.41, 5.74) is 1.27. The van der Waals surface area contributed by atoms with Crippen molar-refractivity contribution in [3.05, 3.63) is 34.3 Å². The summed E-state index contributed by atoms with van der Waals surface area (Å²) < 4.78 is 1.09. The molecule has 0 radical (unpaired) electrons. The van der Waals surface area contributed by atoms with E-state index in [1.54, 1.807) is 0 Å². The molecule has 2 heterocycles. The van der Waals surface area contributed by atoms with E-state index >= 15 is 0 Å². The number of carbonyl (C=O) groups is 1. The molecule has 2 fully saturated rings. The van der Waals surface area contributed by atoms with Crippen LogP contribution in [0.4, 0.5) is 0 Å². The quantitative estimate of drug-likeness (QED) is 0.901. The molecule has 3 rings (SSSR count). The minimum atomic E-state index is 0.285. The van der Waals surface area contributed by atoms with Crippen LogP contribution in [0.2, 0.25) is 0 Å². The molecular formula is C17H23BrN2O. The van der Waals surface area contributed by atoms with Gasteiger partial charge in [0.05, 0.1) is 6.04 Å². The first-order valence-electron chi connectivity index (χ1n) is 7.99. The van der Waals surface area contributed by atoms with Crippen LogP contribution in [0.5, 0.6) is 0 Å². The van der Waals surface area contributed by atoms with Gasteiger partial charge in [-0.2, -0.15) is 0 Å². The number of halogens is 1. The Balaban J connectivity index is 1.60. The van der Waals surface area contributed by atoms with Crippen LogP contribution >= 0.6 is 15.9 Å². The van der Waals surface area contributed by atoms with Crippen LogP contribution in [-0.4, -0.2) is 30.4 Å². The summed E-state index contributed by atoms with van der Waals surface area (Å²) in [6.07, 6.45) is 5.19. The first kappa shape index (κ1) is 15.0. The molecule has 1 aromatic carbocycles. The third-order valence-electron chi connectivity index (χ3n) is 4.76. The van der Waals surface area contributed by atoms with E-state index in [1.807, 2.05) is 0 Å². The van der Waals surface area contributed by atoms with Gasteiger partial charge in [-0.1, -0.05) is 28.1 Å². The third-order valence-corrected chi connectivity index (χ3v) is 5.29. The van der Waals surface area contributed by atoms with Crippen molar-refractivity contribution in [1.29, 1.82) is 0 Å². The standard InChI is InChI=1S/C17H23BrN2O/c18-15-6-4-14(5-7-15)16-2-1-11-20(16)17(21)8-3-13-9-10-19-12-13/h4-7,13,16,19H,1-3,8-12H2. The molecule has 1 N–H and O–H groups in total. The smallest absolute Gasteiger partial charge is 0.223 e. The Morgan fingerprint density at radius 2 is 2.10 bits per heavy atom. The first-order chi connectivity index (χ1) is 10.2. The van der Waals surface area contributed by atoms with Crippen molar-refractivity contribution in [1.82, 2.24) is 10.2 Å². The molecule has 2 saturated heterocycles. The molecule has 4 heteroatoms. The van der Waals surface area contributed by atoms with E-state index in [1.165, 1.54) is 12.0 Å². The Hall–Kier alpha value is -0.870. The summed E-state index contributed by atoms with van der Waals surface area (Å²) in [5, 5.41) is 3.38. The van der Waals surface area contributed by atoms with Gasteiger partial charge in [-0.05, 0) is 62.4 Å². The molecule has 21 heavy (non-hydrogen) atoms. The largest absolute Gasteiger partial charge is 0.336 e. The van der Waals surface area contributed by atoms with Gasteiger partial charge in [0.25, 0.3) is 0 Å². The molecule has 0 spiro atoms. The first-order valence-corrected chi connectivity index (χ1v) is 8.79. The van der Waals surface area contributed by atoms with Gasteiger partial charge in [0.1, 0.15) is 0 Å². The molecule has 0 aromatic heterocycles. The molecule has 2 atom stereocenters. The van der Waals surface area contributed by atoms with Crippen LogP contribution in [0, 0.1) is 5.92 Å². The average Bonchev–Trinajstić information content (AvgIpc) is 3.17. The maximum atomic E-state index is 12.5. The van der Waals surface area contributed by atoms with Crippen LogP contribution in [0.25, 0.3) is 0 Å². The second kappa shape index (κ2) is 6.93. The highest BCUT2D eigenvalue weighted by molar-refractivity contribution is 9.10. The van der Waals surface area contributed by atoms with Gasteiger partial charge in [-0.25, -0.2) is 0 Å². The van der Waals surface area contributed by atoms with Gasteiger partial charge in [0.15, 0.2) is 0 Å². The Morgan fingerprint density at radius 3 is 2.81 bits per heavy atom. The normalized spacial score (nSPS) is 25.5. The summed E-state index contributed by atoms with van der Waals surface area (Å²) in [6.45, 7) is 3.12. The average molecular weight is 351 g/mol. The number of hydrogen-bond donors (Lipinski definition) is 1. The zero-order valence-electron chi connectivity index (χ0n) is 12.4. The van der Waals surface area contributed by atoms with Crippen molar-refractivity contribution in [2.24, 2.45) is 5.92 Å². The molecular weight excluding hydrogens is 328 g/mol. The molecule has 2 unspecified atom stereocenters. The highest BCUT2D eigenvalue weighted by atomic mass is 79.9. The Labute approximate surface area is 135 Å². The van der Waals surface area contributed by atoms with Crippen LogP contribution in [-0.2, 0) is 4.79 Å². The van der Waals surface area contributed by atoms with Crippen molar-refractivity contribution < 1.29 is 4.79 Å². The molecule has 2 aliphatic rings. The van der Waals surface area contributed by atoms with Crippen molar-refractivity contribution in [2.45, 2.75) is 38.1 Å². The molecule has 1 aromatic rings.